The van der Waals surface area contributed by atoms with Gasteiger partial charge in [-0.05, 0) is 31.6 Å². The summed E-state index contributed by atoms with van der Waals surface area (Å²) in [5.41, 5.74) is 5.97. The van der Waals surface area contributed by atoms with Gasteiger partial charge in [0.1, 0.15) is 5.75 Å². The maximum atomic E-state index is 13.2. The molecule has 8 heteroatoms. The molecule has 0 bridgehead atoms. The second-order valence-corrected chi connectivity index (χ2v) is 5.41. The van der Waals surface area contributed by atoms with Crippen LogP contribution in [0.2, 0.25) is 0 Å². The molecule has 1 atom stereocenters. The molecule has 1 aromatic carbocycles. The van der Waals surface area contributed by atoms with Crippen LogP contribution in [0.3, 0.4) is 0 Å². The van der Waals surface area contributed by atoms with Gasteiger partial charge in [-0.1, -0.05) is 12.1 Å². The number of piperazine rings is 1. The van der Waals surface area contributed by atoms with E-state index in [1.54, 1.807) is 12.1 Å². The van der Waals surface area contributed by atoms with Crippen molar-refractivity contribution in [1.82, 2.24) is 4.90 Å². The Balaban J connectivity index is 2.01. The molecule has 1 aromatic rings. The summed E-state index contributed by atoms with van der Waals surface area (Å²) in [6, 6.07) is 6.23. The highest BCUT2D eigenvalue weighted by Crippen LogP contribution is 2.33. The average molecular weight is 335 g/mol. The minimum Gasteiger partial charge on any atom is -0.450 e. The first-order valence-electron chi connectivity index (χ1n) is 7.55. The molecule has 1 fully saturated rings. The van der Waals surface area contributed by atoms with E-state index in [0.29, 0.717) is 25.3 Å². The molecule has 2 rings (SSSR count). The van der Waals surface area contributed by atoms with Crippen molar-refractivity contribution in [3.8, 4) is 5.75 Å². The Morgan fingerprint density at radius 3 is 2.39 bits per heavy atom. The van der Waals surface area contributed by atoms with Crippen molar-refractivity contribution in [2.24, 2.45) is 5.73 Å². The average Bonchev–Trinajstić information content (AvgIpc) is 2.53. The van der Waals surface area contributed by atoms with Crippen molar-refractivity contribution in [2.45, 2.75) is 19.0 Å². The second-order valence-electron chi connectivity index (χ2n) is 5.41. The van der Waals surface area contributed by atoms with Gasteiger partial charge in [-0.15, -0.1) is 0 Å². The van der Waals surface area contributed by atoms with E-state index in [2.05, 4.69) is 9.64 Å². The molecule has 0 radical (unpaired) electrons. The highest BCUT2D eigenvalue weighted by Gasteiger charge is 2.43. The third kappa shape index (κ3) is 4.97. The van der Waals surface area contributed by atoms with Crippen LogP contribution < -0.4 is 15.4 Å². The van der Waals surface area contributed by atoms with Gasteiger partial charge in [0.05, 0.1) is 5.69 Å². The van der Waals surface area contributed by atoms with Crippen LogP contribution in [-0.2, 0) is 0 Å². The van der Waals surface area contributed by atoms with Gasteiger partial charge in [0.25, 0.3) is 0 Å². The minimum absolute atomic E-state index is 0.0901. The largest absolute Gasteiger partial charge is 0.457 e. The molecular weight excluding hydrogens is 314 g/mol. The van der Waals surface area contributed by atoms with E-state index in [9.17, 15) is 17.6 Å². The van der Waals surface area contributed by atoms with Gasteiger partial charge in [-0.3, -0.25) is 4.90 Å². The molecular formula is C15H21F4N3O. The van der Waals surface area contributed by atoms with Crippen molar-refractivity contribution < 1.29 is 22.3 Å². The van der Waals surface area contributed by atoms with Crippen molar-refractivity contribution in [1.29, 1.82) is 0 Å². The Bertz CT molecular complexity index is 490. The number of para-hydroxylation sites is 2. The number of rotatable bonds is 6. The molecule has 1 heterocycles. The highest BCUT2D eigenvalue weighted by atomic mass is 19.4. The molecule has 23 heavy (non-hydrogen) atoms. The zero-order valence-corrected chi connectivity index (χ0v) is 12.7. The van der Waals surface area contributed by atoms with Crippen LogP contribution in [-0.4, -0.2) is 56.7 Å². The second kappa shape index (κ2) is 7.83. The van der Waals surface area contributed by atoms with Gasteiger partial charge in [0.15, 0.2) is 0 Å². The van der Waals surface area contributed by atoms with Crippen LogP contribution in [0.1, 0.15) is 6.42 Å². The number of benzene rings is 1. The number of halogens is 4. The molecule has 1 saturated heterocycles. The lowest BCUT2D eigenvalue weighted by Crippen LogP contribution is -2.47. The number of nitrogens with two attached hydrogens (primary N) is 1. The zero-order valence-electron chi connectivity index (χ0n) is 12.7. The first kappa shape index (κ1) is 17.8. The number of hydrogen-bond acceptors (Lipinski definition) is 4. The van der Waals surface area contributed by atoms with Crippen LogP contribution in [0.4, 0.5) is 23.2 Å². The van der Waals surface area contributed by atoms with Crippen LogP contribution in [0.25, 0.3) is 0 Å². The Labute approximate surface area is 132 Å². The van der Waals surface area contributed by atoms with Crippen molar-refractivity contribution in [2.75, 3.05) is 44.2 Å². The van der Waals surface area contributed by atoms with E-state index in [4.69, 9.17) is 5.73 Å². The van der Waals surface area contributed by atoms with Gasteiger partial charge < -0.3 is 15.4 Å². The zero-order chi connectivity index (χ0) is 16.9. The fourth-order valence-corrected chi connectivity index (χ4v) is 2.52. The maximum absolute atomic E-state index is 13.2. The summed E-state index contributed by atoms with van der Waals surface area (Å²) in [5, 5.41) is 0. The fraction of sp³-hybridized carbons (Fsp3) is 0.600. The molecule has 2 N–H and O–H groups in total. The molecule has 1 aliphatic rings. The van der Waals surface area contributed by atoms with Crippen LogP contribution in [0, 0.1) is 0 Å². The van der Waals surface area contributed by atoms with Gasteiger partial charge in [0.2, 0.25) is 0 Å². The van der Waals surface area contributed by atoms with E-state index in [-0.39, 0.29) is 5.75 Å². The van der Waals surface area contributed by atoms with E-state index in [1.165, 1.54) is 12.1 Å². The van der Waals surface area contributed by atoms with Crippen molar-refractivity contribution in [3.63, 3.8) is 0 Å². The quantitative estimate of drug-likeness (QED) is 0.811. The lowest BCUT2D eigenvalue weighted by molar-refractivity contribution is -0.236. The SMILES string of the molecule is NCCCN1CCN(c2ccccc2OC(F)C(F)(F)F)CC1. The standard InChI is InChI=1S/C15H21F4N3O/c16-14(15(17,18)19)23-13-5-2-1-4-12(13)22-10-8-21(9-11-22)7-3-6-20/h1-2,4-5,14H,3,6-11,20H2. The first-order chi connectivity index (χ1) is 10.9. The van der Waals surface area contributed by atoms with E-state index >= 15 is 0 Å². The molecule has 130 valence electrons. The van der Waals surface area contributed by atoms with Crippen molar-refractivity contribution >= 4 is 5.69 Å². The summed E-state index contributed by atoms with van der Waals surface area (Å²) in [6.07, 6.45) is -7.45. The Kier molecular flexibility index (Phi) is 6.06. The minimum atomic E-state index is -5.03. The smallest absolute Gasteiger partial charge is 0.450 e. The van der Waals surface area contributed by atoms with Gasteiger partial charge >= 0.3 is 12.5 Å². The highest BCUT2D eigenvalue weighted by molar-refractivity contribution is 5.58. The summed E-state index contributed by atoms with van der Waals surface area (Å²) in [7, 11) is 0. The monoisotopic (exact) mass is 335 g/mol. The molecule has 0 saturated carbocycles. The van der Waals surface area contributed by atoms with E-state index < -0.39 is 12.5 Å². The molecule has 1 aliphatic heterocycles. The topological polar surface area (TPSA) is 41.7 Å². The van der Waals surface area contributed by atoms with Crippen LogP contribution >= 0.6 is 0 Å². The number of hydrogen-bond donors (Lipinski definition) is 1. The lowest BCUT2D eigenvalue weighted by atomic mass is 10.2. The summed E-state index contributed by atoms with van der Waals surface area (Å²) in [6.45, 7) is 4.40. The number of anilines is 1. The maximum Gasteiger partial charge on any atom is 0.457 e. The summed E-state index contributed by atoms with van der Waals surface area (Å²) in [5.74, 6) is -0.0901. The molecule has 0 amide bonds. The van der Waals surface area contributed by atoms with E-state index in [0.717, 1.165) is 26.1 Å². The predicted octanol–water partition coefficient (Wildman–Crippen LogP) is 2.39. The van der Waals surface area contributed by atoms with Gasteiger partial charge in [-0.25, -0.2) is 0 Å². The third-order valence-electron chi connectivity index (χ3n) is 3.74. The van der Waals surface area contributed by atoms with Gasteiger partial charge in [0, 0.05) is 26.2 Å². The Morgan fingerprint density at radius 1 is 1.13 bits per heavy atom. The number of alkyl halides is 4. The number of nitrogens with zero attached hydrogens (tertiary/aromatic N) is 2. The Hall–Kier alpha value is -1.54. The van der Waals surface area contributed by atoms with Crippen molar-refractivity contribution in [3.05, 3.63) is 24.3 Å². The predicted molar refractivity (Wildman–Crippen MR) is 80.3 cm³/mol. The van der Waals surface area contributed by atoms with Crippen LogP contribution in [0.15, 0.2) is 24.3 Å². The molecule has 0 spiro atoms. The molecule has 4 nitrogen and oxygen atoms in total. The molecule has 0 aromatic heterocycles. The summed E-state index contributed by atoms with van der Waals surface area (Å²) < 4.78 is 54.7. The first-order valence-corrected chi connectivity index (χ1v) is 7.55. The fourth-order valence-electron chi connectivity index (χ4n) is 2.52. The van der Waals surface area contributed by atoms with E-state index in [1.807, 2.05) is 4.90 Å². The molecule has 1 unspecified atom stereocenters. The molecule has 0 aliphatic carbocycles. The van der Waals surface area contributed by atoms with Crippen LogP contribution in [0.5, 0.6) is 5.75 Å². The summed E-state index contributed by atoms with van der Waals surface area (Å²) in [4.78, 5) is 4.16. The summed E-state index contributed by atoms with van der Waals surface area (Å²) >= 11 is 0. The third-order valence-corrected chi connectivity index (χ3v) is 3.74. The Morgan fingerprint density at radius 2 is 1.78 bits per heavy atom. The normalized spacial score (nSPS) is 18.0. The number of ether oxygens (including phenoxy) is 1. The lowest BCUT2D eigenvalue weighted by Gasteiger charge is -2.36. The van der Waals surface area contributed by atoms with Gasteiger partial charge in [-0.2, -0.15) is 17.6 Å².